The Hall–Kier alpha value is -2.11. The highest BCUT2D eigenvalue weighted by atomic mass is 19.3. The molecule has 0 spiro atoms. The fraction of sp³-hybridized carbons (Fsp3) is 0.100. The van der Waals surface area contributed by atoms with Gasteiger partial charge in [-0.05, 0) is 24.3 Å². The third-order valence-electron chi connectivity index (χ3n) is 1.94. The standard InChI is InChI=1S/C10H8F2N2O2/c11-10(12)15-7-3-1-6(2-4-7)9-8(13)5-14-16-9/h1-5,10H,13H2. The molecule has 0 bridgehead atoms. The molecule has 16 heavy (non-hydrogen) atoms. The van der Waals surface area contributed by atoms with Gasteiger partial charge in [0.1, 0.15) is 11.4 Å². The summed E-state index contributed by atoms with van der Waals surface area (Å²) in [5.74, 6) is 0.487. The number of rotatable bonds is 3. The number of halogens is 2. The lowest BCUT2D eigenvalue weighted by molar-refractivity contribution is -0.0498. The van der Waals surface area contributed by atoms with Crippen LogP contribution in [0, 0.1) is 0 Å². The van der Waals surface area contributed by atoms with E-state index in [4.69, 9.17) is 10.3 Å². The van der Waals surface area contributed by atoms with E-state index in [0.717, 1.165) is 0 Å². The van der Waals surface area contributed by atoms with E-state index in [-0.39, 0.29) is 5.75 Å². The number of hydrogen-bond donors (Lipinski definition) is 1. The van der Waals surface area contributed by atoms with Gasteiger partial charge in [0.05, 0.1) is 6.20 Å². The van der Waals surface area contributed by atoms with Crippen LogP contribution in [-0.4, -0.2) is 11.8 Å². The number of ether oxygens (including phenoxy) is 1. The van der Waals surface area contributed by atoms with E-state index in [2.05, 4.69) is 9.89 Å². The summed E-state index contributed by atoms with van der Waals surface area (Å²) in [5, 5.41) is 3.52. The second-order valence-corrected chi connectivity index (χ2v) is 3.01. The zero-order chi connectivity index (χ0) is 11.5. The molecule has 1 aromatic heterocycles. The third-order valence-corrected chi connectivity index (χ3v) is 1.94. The van der Waals surface area contributed by atoms with Crippen molar-refractivity contribution >= 4 is 5.69 Å². The predicted octanol–water partition coefficient (Wildman–Crippen LogP) is 2.53. The Kier molecular flexibility index (Phi) is 2.72. The van der Waals surface area contributed by atoms with Crippen molar-refractivity contribution in [3.05, 3.63) is 30.5 Å². The van der Waals surface area contributed by atoms with E-state index in [1.165, 1.54) is 18.3 Å². The summed E-state index contributed by atoms with van der Waals surface area (Å²) >= 11 is 0. The molecule has 6 heteroatoms. The van der Waals surface area contributed by atoms with Gasteiger partial charge < -0.3 is 15.0 Å². The largest absolute Gasteiger partial charge is 0.435 e. The zero-order valence-corrected chi connectivity index (χ0v) is 8.06. The number of anilines is 1. The molecule has 1 aromatic carbocycles. The van der Waals surface area contributed by atoms with Crippen LogP contribution in [0.3, 0.4) is 0 Å². The Morgan fingerprint density at radius 1 is 1.25 bits per heavy atom. The normalized spacial score (nSPS) is 10.7. The van der Waals surface area contributed by atoms with Crippen LogP contribution in [0.1, 0.15) is 0 Å². The van der Waals surface area contributed by atoms with E-state index < -0.39 is 6.61 Å². The molecule has 2 N–H and O–H groups in total. The molecule has 0 amide bonds. The summed E-state index contributed by atoms with van der Waals surface area (Å²) in [6, 6.07) is 5.94. The molecule has 0 atom stereocenters. The topological polar surface area (TPSA) is 61.3 Å². The van der Waals surface area contributed by atoms with Crippen LogP contribution in [0.2, 0.25) is 0 Å². The number of nitrogen functional groups attached to an aromatic ring is 1. The Morgan fingerprint density at radius 3 is 2.44 bits per heavy atom. The number of benzene rings is 1. The summed E-state index contributed by atoms with van der Waals surface area (Å²) < 4.78 is 32.9. The number of nitrogens with two attached hydrogens (primary N) is 1. The molecule has 0 saturated carbocycles. The maximum Gasteiger partial charge on any atom is 0.387 e. The Bertz CT molecular complexity index is 468. The van der Waals surface area contributed by atoms with Gasteiger partial charge >= 0.3 is 6.61 Å². The Balaban J connectivity index is 2.23. The average Bonchev–Trinajstić information content (AvgIpc) is 2.65. The monoisotopic (exact) mass is 226 g/mol. The molecule has 0 aliphatic heterocycles. The van der Waals surface area contributed by atoms with Crippen LogP contribution in [0.5, 0.6) is 5.75 Å². The first kappa shape index (κ1) is 10.4. The molecule has 0 saturated heterocycles. The third kappa shape index (κ3) is 2.10. The lowest BCUT2D eigenvalue weighted by atomic mass is 10.1. The molecule has 0 unspecified atom stereocenters. The minimum absolute atomic E-state index is 0.0804. The van der Waals surface area contributed by atoms with Crippen molar-refractivity contribution in [3.63, 3.8) is 0 Å². The first-order valence-corrected chi connectivity index (χ1v) is 4.42. The van der Waals surface area contributed by atoms with E-state index >= 15 is 0 Å². The van der Waals surface area contributed by atoms with Gasteiger partial charge in [-0.1, -0.05) is 5.16 Å². The van der Waals surface area contributed by atoms with E-state index in [9.17, 15) is 8.78 Å². The minimum atomic E-state index is -2.83. The second-order valence-electron chi connectivity index (χ2n) is 3.01. The molecule has 4 nitrogen and oxygen atoms in total. The van der Waals surface area contributed by atoms with Gasteiger partial charge in [-0.3, -0.25) is 0 Å². The highest BCUT2D eigenvalue weighted by molar-refractivity contribution is 5.70. The van der Waals surface area contributed by atoms with Gasteiger partial charge in [-0.25, -0.2) is 0 Å². The van der Waals surface area contributed by atoms with E-state index in [1.54, 1.807) is 12.1 Å². The van der Waals surface area contributed by atoms with Crippen molar-refractivity contribution in [2.24, 2.45) is 0 Å². The van der Waals surface area contributed by atoms with Crippen LogP contribution in [0.25, 0.3) is 11.3 Å². The van der Waals surface area contributed by atoms with Crippen LogP contribution in [0.4, 0.5) is 14.5 Å². The fourth-order valence-corrected chi connectivity index (χ4v) is 1.25. The quantitative estimate of drug-likeness (QED) is 0.873. The van der Waals surface area contributed by atoms with Crippen molar-refractivity contribution in [1.82, 2.24) is 5.16 Å². The zero-order valence-electron chi connectivity index (χ0n) is 8.06. The van der Waals surface area contributed by atoms with Gasteiger partial charge in [-0.15, -0.1) is 0 Å². The lowest BCUT2D eigenvalue weighted by Crippen LogP contribution is -2.01. The number of nitrogens with zero attached hydrogens (tertiary/aromatic N) is 1. The van der Waals surface area contributed by atoms with Crippen LogP contribution in [-0.2, 0) is 0 Å². The van der Waals surface area contributed by atoms with Crippen molar-refractivity contribution < 1.29 is 18.0 Å². The summed E-state index contributed by atoms with van der Waals surface area (Å²) in [7, 11) is 0. The van der Waals surface area contributed by atoms with Gasteiger partial charge in [-0.2, -0.15) is 8.78 Å². The smallest absolute Gasteiger partial charge is 0.387 e. The van der Waals surface area contributed by atoms with Crippen LogP contribution in [0.15, 0.2) is 35.0 Å². The summed E-state index contributed by atoms with van der Waals surface area (Å²) in [6.45, 7) is -2.83. The van der Waals surface area contributed by atoms with E-state index in [1.807, 2.05) is 0 Å². The molecule has 2 aromatic rings. The lowest BCUT2D eigenvalue weighted by Gasteiger charge is -2.04. The number of alkyl halides is 2. The summed E-state index contributed by atoms with van der Waals surface area (Å²) in [4.78, 5) is 0. The van der Waals surface area contributed by atoms with Crippen molar-refractivity contribution in [1.29, 1.82) is 0 Å². The maximum absolute atomic E-state index is 11.9. The number of hydrogen-bond acceptors (Lipinski definition) is 4. The van der Waals surface area contributed by atoms with Crippen molar-refractivity contribution in [2.45, 2.75) is 6.61 Å². The maximum atomic E-state index is 11.9. The van der Waals surface area contributed by atoms with Gasteiger partial charge in [0.25, 0.3) is 0 Å². The van der Waals surface area contributed by atoms with Crippen LogP contribution < -0.4 is 10.5 Å². The molecular weight excluding hydrogens is 218 g/mol. The molecular formula is C10H8F2N2O2. The van der Waals surface area contributed by atoms with Crippen LogP contribution >= 0.6 is 0 Å². The Labute approximate surface area is 89.6 Å². The van der Waals surface area contributed by atoms with Crippen molar-refractivity contribution in [2.75, 3.05) is 5.73 Å². The first-order valence-electron chi connectivity index (χ1n) is 4.42. The summed E-state index contributed by atoms with van der Waals surface area (Å²) in [6.07, 6.45) is 1.37. The minimum Gasteiger partial charge on any atom is -0.435 e. The number of aromatic nitrogens is 1. The molecule has 0 aliphatic carbocycles. The molecule has 0 radical (unpaired) electrons. The predicted molar refractivity (Wildman–Crippen MR) is 53.0 cm³/mol. The van der Waals surface area contributed by atoms with E-state index in [0.29, 0.717) is 17.0 Å². The van der Waals surface area contributed by atoms with Crippen molar-refractivity contribution in [3.8, 4) is 17.1 Å². The highest BCUT2D eigenvalue weighted by Crippen LogP contribution is 2.27. The van der Waals surface area contributed by atoms with Gasteiger partial charge in [0, 0.05) is 5.56 Å². The average molecular weight is 226 g/mol. The molecule has 0 aliphatic rings. The second kappa shape index (κ2) is 4.18. The fourth-order valence-electron chi connectivity index (χ4n) is 1.25. The SMILES string of the molecule is Nc1cnoc1-c1ccc(OC(F)F)cc1. The molecule has 84 valence electrons. The van der Waals surface area contributed by atoms with Gasteiger partial charge in [0.15, 0.2) is 5.76 Å². The van der Waals surface area contributed by atoms with Gasteiger partial charge in [0.2, 0.25) is 0 Å². The highest BCUT2D eigenvalue weighted by Gasteiger charge is 2.09. The molecule has 1 heterocycles. The Morgan fingerprint density at radius 2 is 1.94 bits per heavy atom. The first-order chi connectivity index (χ1) is 7.66. The molecule has 2 rings (SSSR count). The summed E-state index contributed by atoms with van der Waals surface area (Å²) in [5.41, 5.74) is 6.62. The molecule has 0 fully saturated rings.